The van der Waals surface area contributed by atoms with Crippen LogP contribution in [0.1, 0.15) is 55.0 Å². The van der Waals surface area contributed by atoms with Crippen molar-refractivity contribution in [1.29, 1.82) is 0 Å². The summed E-state index contributed by atoms with van der Waals surface area (Å²) >= 11 is 0. The molecule has 0 spiro atoms. The molecule has 94 valence electrons. The second-order valence-corrected chi connectivity index (χ2v) is 5.64. The van der Waals surface area contributed by atoms with E-state index in [0.29, 0.717) is 5.92 Å². The van der Waals surface area contributed by atoms with Crippen molar-refractivity contribution in [2.45, 2.75) is 52.2 Å². The van der Waals surface area contributed by atoms with Crippen LogP contribution in [-0.4, -0.2) is 16.3 Å². The van der Waals surface area contributed by atoms with Gasteiger partial charge >= 0.3 is 0 Å². The highest BCUT2D eigenvalue weighted by molar-refractivity contribution is 5.45. The Labute approximate surface area is 103 Å². The van der Waals surface area contributed by atoms with E-state index in [1.165, 1.54) is 11.1 Å². The Balaban J connectivity index is 2.60. The first kappa shape index (κ1) is 12.6. The Kier molecular flexibility index (Phi) is 3.28. The fourth-order valence-electron chi connectivity index (χ4n) is 2.90. The molecule has 0 aromatic heterocycles. The average Bonchev–Trinajstić information content (AvgIpc) is 2.25. The van der Waals surface area contributed by atoms with Crippen LogP contribution in [0.5, 0.6) is 0 Å². The molecule has 0 radical (unpaired) electrons. The average molecular weight is 234 g/mol. The molecule has 1 aliphatic rings. The summed E-state index contributed by atoms with van der Waals surface area (Å²) in [5.74, 6) is 0.579. The zero-order valence-electron chi connectivity index (χ0n) is 11.1. The van der Waals surface area contributed by atoms with Crippen molar-refractivity contribution in [3.05, 3.63) is 34.4 Å². The smallest absolute Gasteiger partial charge is 0.106 e. The zero-order chi connectivity index (χ0) is 12.7. The van der Waals surface area contributed by atoms with Crippen LogP contribution in [0.25, 0.3) is 0 Å². The summed E-state index contributed by atoms with van der Waals surface area (Å²) in [4.78, 5) is 0. The molecule has 0 saturated heterocycles. The van der Waals surface area contributed by atoms with E-state index in [1.807, 2.05) is 13.8 Å². The molecule has 1 aliphatic carbocycles. The van der Waals surface area contributed by atoms with Gasteiger partial charge in [-0.2, -0.15) is 0 Å². The Morgan fingerprint density at radius 2 is 1.88 bits per heavy atom. The van der Waals surface area contributed by atoms with Gasteiger partial charge in [0.25, 0.3) is 0 Å². The number of fused-ring (bicyclic) bond motifs is 1. The lowest BCUT2D eigenvalue weighted by Gasteiger charge is -2.35. The number of aliphatic hydroxyl groups excluding tert-OH is 2. The van der Waals surface area contributed by atoms with Crippen molar-refractivity contribution in [2.75, 3.05) is 0 Å². The van der Waals surface area contributed by atoms with Crippen LogP contribution in [0.15, 0.2) is 12.1 Å². The molecule has 0 unspecified atom stereocenters. The molecule has 3 atom stereocenters. The number of aliphatic hydroxyl groups is 2. The maximum atomic E-state index is 10.2. The first-order chi connectivity index (χ1) is 7.93. The van der Waals surface area contributed by atoms with Crippen LogP contribution >= 0.6 is 0 Å². The Bertz CT molecular complexity index is 423. The lowest BCUT2D eigenvalue weighted by atomic mass is 9.75. The topological polar surface area (TPSA) is 40.5 Å². The van der Waals surface area contributed by atoms with Gasteiger partial charge in [-0.3, -0.25) is 0 Å². The Morgan fingerprint density at radius 1 is 1.24 bits per heavy atom. The van der Waals surface area contributed by atoms with Gasteiger partial charge in [0.15, 0.2) is 0 Å². The van der Waals surface area contributed by atoms with E-state index in [0.717, 1.165) is 17.5 Å². The van der Waals surface area contributed by atoms with Crippen molar-refractivity contribution in [3.8, 4) is 0 Å². The third-order valence-corrected chi connectivity index (χ3v) is 3.96. The molecular formula is C15H22O2. The SMILES string of the molecule is Cc1ccc(C(C)C)c2c1[C@@H](O)[C@H](O)[C@H](C)C2. The van der Waals surface area contributed by atoms with Crippen LogP contribution in [0.3, 0.4) is 0 Å². The van der Waals surface area contributed by atoms with Crippen LogP contribution in [-0.2, 0) is 6.42 Å². The fraction of sp³-hybridized carbons (Fsp3) is 0.600. The summed E-state index contributed by atoms with van der Waals surface area (Å²) in [5, 5.41) is 20.2. The number of aryl methyl sites for hydroxylation is 1. The second kappa shape index (κ2) is 4.43. The van der Waals surface area contributed by atoms with E-state index in [1.54, 1.807) is 0 Å². The van der Waals surface area contributed by atoms with Gasteiger partial charge in [-0.15, -0.1) is 0 Å². The number of benzene rings is 1. The van der Waals surface area contributed by atoms with Gasteiger partial charge in [-0.05, 0) is 47.4 Å². The summed E-state index contributed by atoms with van der Waals surface area (Å²) in [5.41, 5.74) is 4.61. The van der Waals surface area contributed by atoms with Crippen molar-refractivity contribution < 1.29 is 10.2 Å². The minimum absolute atomic E-state index is 0.122. The second-order valence-electron chi connectivity index (χ2n) is 5.64. The van der Waals surface area contributed by atoms with Gasteiger partial charge in [0.2, 0.25) is 0 Å². The Morgan fingerprint density at radius 3 is 2.47 bits per heavy atom. The third kappa shape index (κ3) is 2.00. The first-order valence-electron chi connectivity index (χ1n) is 6.41. The molecule has 0 bridgehead atoms. The van der Waals surface area contributed by atoms with Crippen molar-refractivity contribution in [3.63, 3.8) is 0 Å². The summed E-state index contributed by atoms with van der Waals surface area (Å²) in [6.45, 7) is 8.36. The first-order valence-corrected chi connectivity index (χ1v) is 6.41. The van der Waals surface area contributed by atoms with Gasteiger partial charge in [-0.25, -0.2) is 0 Å². The minimum atomic E-state index is -0.729. The van der Waals surface area contributed by atoms with Crippen LogP contribution in [0, 0.1) is 12.8 Å². The van der Waals surface area contributed by atoms with Gasteiger partial charge in [0.1, 0.15) is 6.10 Å². The molecule has 0 saturated carbocycles. The summed E-state index contributed by atoms with van der Waals surface area (Å²) in [6.07, 6.45) is -0.501. The highest BCUT2D eigenvalue weighted by Crippen LogP contribution is 2.39. The van der Waals surface area contributed by atoms with Crippen molar-refractivity contribution >= 4 is 0 Å². The third-order valence-electron chi connectivity index (χ3n) is 3.96. The molecule has 0 heterocycles. The summed E-state index contributed by atoms with van der Waals surface area (Å²) in [6, 6.07) is 4.22. The van der Waals surface area contributed by atoms with Gasteiger partial charge in [0.05, 0.1) is 6.10 Å². The van der Waals surface area contributed by atoms with E-state index in [2.05, 4.69) is 26.0 Å². The lowest BCUT2D eigenvalue weighted by molar-refractivity contribution is -0.0230. The summed E-state index contributed by atoms with van der Waals surface area (Å²) < 4.78 is 0. The predicted molar refractivity (Wildman–Crippen MR) is 69.1 cm³/mol. The van der Waals surface area contributed by atoms with E-state index < -0.39 is 12.2 Å². The van der Waals surface area contributed by atoms with Crippen molar-refractivity contribution in [1.82, 2.24) is 0 Å². The molecule has 0 aliphatic heterocycles. The largest absolute Gasteiger partial charge is 0.390 e. The molecular weight excluding hydrogens is 212 g/mol. The maximum absolute atomic E-state index is 10.2. The molecule has 0 amide bonds. The van der Waals surface area contributed by atoms with E-state index >= 15 is 0 Å². The molecule has 0 fully saturated rings. The van der Waals surface area contributed by atoms with Crippen LogP contribution < -0.4 is 0 Å². The maximum Gasteiger partial charge on any atom is 0.106 e. The van der Waals surface area contributed by atoms with Crippen LogP contribution in [0.2, 0.25) is 0 Å². The van der Waals surface area contributed by atoms with Crippen LogP contribution in [0.4, 0.5) is 0 Å². The number of hydrogen-bond acceptors (Lipinski definition) is 2. The van der Waals surface area contributed by atoms with Crippen molar-refractivity contribution in [2.24, 2.45) is 5.92 Å². The van der Waals surface area contributed by atoms with Gasteiger partial charge in [0, 0.05) is 0 Å². The fourth-order valence-corrected chi connectivity index (χ4v) is 2.90. The molecule has 17 heavy (non-hydrogen) atoms. The van der Waals surface area contributed by atoms with E-state index in [4.69, 9.17) is 0 Å². The molecule has 2 N–H and O–H groups in total. The predicted octanol–water partition coefficient (Wildman–Crippen LogP) is 2.70. The highest BCUT2D eigenvalue weighted by Gasteiger charge is 2.34. The normalized spacial score (nSPS) is 28.3. The number of rotatable bonds is 1. The lowest BCUT2D eigenvalue weighted by Crippen LogP contribution is -2.34. The molecule has 2 heteroatoms. The van der Waals surface area contributed by atoms with E-state index in [9.17, 15) is 10.2 Å². The monoisotopic (exact) mass is 234 g/mol. The molecule has 1 aromatic carbocycles. The molecule has 2 nitrogen and oxygen atoms in total. The van der Waals surface area contributed by atoms with Gasteiger partial charge in [-0.1, -0.05) is 32.9 Å². The Hall–Kier alpha value is -0.860. The minimum Gasteiger partial charge on any atom is -0.390 e. The highest BCUT2D eigenvalue weighted by atomic mass is 16.3. The summed E-state index contributed by atoms with van der Waals surface area (Å²) in [7, 11) is 0. The number of hydrogen-bond donors (Lipinski definition) is 2. The molecule has 2 rings (SSSR count). The quantitative estimate of drug-likeness (QED) is 0.784. The zero-order valence-corrected chi connectivity index (χ0v) is 11.1. The molecule has 1 aromatic rings. The van der Waals surface area contributed by atoms with E-state index in [-0.39, 0.29) is 5.92 Å². The van der Waals surface area contributed by atoms with Gasteiger partial charge < -0.3 is 10.2 Å². The standard InChI is InChI=1S/C15H22O2/c1-8(2)11-6-5-9(3)13-12(11)7-10(4)14(16)15(13)17/h5-6,8,10,14-17H,7H2,1-4H3/t10-,14-,15-/m1/s1.